The van der Waals surface area contributed by atoms with Crippen molar-refractivity contribution in [2.45, 2.75) is 44.4 Å². The van der Waals surface area contributed by atoms with Gasteiger partial charge in [-0.2, -0.15) is 5.26 Å². The van der Waals surface area contributed by atoms with Crippen LogP contribution in [0.1, 0.15) is 54.7 Å². The molecule has 0 saturated heterocycles. The third-order valence-electron chi connectivity index (χ3n) is 7.20. The molecule has 3 aromatic rings. The summed E-state index contributed by atoms with van der Waals surface area (Å²) in [5.41, 5.74) is 3.82. The van der Waals surface area contributed by atoms with Gasteiger partial charge in [0.05, 0.1) is 17.1 Å². The molecule has 2 aliphatic rings. The van der Waals surface area contributed by atoms with E-state index in [9.17, 15) is 9.18 Å². The number of Topliss-reactive ketones (excluding diaryl/α,β-unsaturated/α-hetero) is 1. The van der Waals surface area contributed by atoms with Gasteiger partial charge in [0.15, 0.2) is 0 Å². The minimum absolute atomic E-state index is 0.167. The molecule has 3 nitrogen and oxygen atoms in total. The van der Waals surface area contributed by atoms with Crippen molar-refractivity contribution in [3.63, 3.8) is 0 Å². The molecule has 0 aliphatic heterocycles. The highest BCUT2D eigenvalue weighted by molar-refractivity contribution is 5.87. The van der Waals surface area contributed by atoms with Crippen LogP contribution in [-0.4, -0.2) is 10.8 Å². The summed E-state index contributed by atoms with van der Waals surface area (Å²) in [4.78, 5) is 17.2. The smallest absolute Gasteiger partial charge is 0.140 e. The minimum Gasteiger partial charge on any atom is -0.299 e. The van der Waals surface area contributed by atoms with Crippen molar-refractivity contribution in [1.82, 2.24) is 4.98 Å². The van der Waals surface area contributed by atoms with Crippen LogP contribution in [0.15, 0.2) is 54.7 Å². The lowest BCUT2D eigenvalue weighted by atomic mass is 9.74. The predicted octanol–water partition coefficient (Wildman–Crippen LogP) is 5.72. The summed E-state index contributed by atoms with van der Waals surface area (Å²) >= 11 is 0. The van der Waals surface area contributed by atoms with Gasteiger partial charge >= 0.3 is 0 Å². The van der Waals surface area contributed by atoms with E-state index in [-0.39, 0.29) is 17.2 Å². The van der Waals surface area contributed by atoms with Crippen LogP contribution in [0.3, 0.4) is 0 Å². The normalized spacial score (nSPS) is 25.2. The molecule has 2 fully saturated rings. The van der Waals surface area contributed by atoms with Crippen LogP contribution >= 0.6 is 0 Å². The van der Waals surface area contributed by atoms with E-state index >= 15 is 0 Å². The van der Waals surface area contributed by atoms with E-state index < -0.39 is 0 Å². The maximum absolute atomic E-state index is 13.8. The van der Waals surface area contributed by atoms with Crippen molar-refractivity contribution in [3.8, 4) is 6.07 Å². The lowest BCUT2D eigenvalue weighted by Crippen LogP contribution is -2.20. The number of pyridine rings is 1. The Hall–Kier alpha value is -3.06. The van der Waals surface area contributed by atoms with Crippen LogP contribution in [0.2, 0.25) is 0 Å². The molecule has 0 N–H and O–H groups in total. The molecule has 0 amide bonds. The molecule has 0 radical (unpaired) electrons. The Kier molecular flexibility index (Phi) is 4.62. The topological polar surface area (TPSA) is 53.8 Å². The van der Waals surface area contributed by atoms with Crippen LogP contribution in [-0.2, 0) is 11.2 Å². The molecule has 4 heteroatoms. The van der Waals surface area contributed by atoms with Crippen molar-refractivity contribution in [2.24, 2.45) is 11.3 Å². The highest BCUT2D eigenvalue weighted by Crippen LogP contribution is 2.63. The fourth-order valence-electron chi connectivity index (χ4n) is 5.38. The van der Waals surface area contributed by atoms with Gasteiger partial charge in [-0.25, -0.2) is 4.39 Å². The molecular weight excluding hydrogens is 375 g/mol. The van der Waals surface area contributed by atoms with Crippen LogP contribution in [0.5, 0.6) is 0 Å². The fraction of sp³-hybridized carbons (Fsp3) is 0.346. The number of aromatic nitrogens is 1. The number of ketones is 1. The van der Waals surface area contributed by atoms with Crippen molar-refractivity contribution >= 4 is 16.7 Å². The largest absolute Gasteiger partial charge is 0.299 e. The summed E-state index contributed by atoms with van der Waals surface area (Å²) in [6, 6.07) is 16.3. The number of halogens is 1. The maximum Gasteiger partial charge on any atom is 0.140 e. The summed E-state index contributed by atoms with van der Waals surface area (Å²) in [7, 11) is 0. The zero-order valence-corrected chi connectivity index (χ0v) is 16.8. The quantitative estimate of drug-likeness (QED) is 0.565. The van der Waals surface area contributed by atoms with Gasteiger partial charge in [0, 0.05) is 23.9 Å². The predicted molar refractivity (Wildman–Crippen MR) is 113 cm³/mol. The van der Waals surface area contributed by atoms with Crippen LogP contribution in [0, 0.1) is 28.5 Å². The van der Waals surface area contributed by atoms with E-state index in [0.717, 1.165) is 48.6 Å². The molecular formula is C26H23FN2O. The molecule has 1 unspecified atom stereocenters. The SMILES string of the molecule is N#Cc1ccc(CC(=O)C2CC23CCC(c2ccnc4ccc(F)cc24)CC3)cc1. The second-order valence-electron chi connectivity index (χ2n) is 8.91. The Balaban J connectivity index is 1.25. The first kappa shape index (κ1) is 18.9. The number of fused-ring (bicyclic) bond motifs is 1. The first-order chi connectivity index (χ1) is 14.6. The molecule has 1 spiro atoms. The fourth-order valence-corrected chi connectivity index (χ4v) is 5.38. The van der Waals surface area contributed by atoms with Crippen molar-refractivity contribution in [3.05, 3.63) is 77.2 Å². The molecule has 150 valence electrons. The number of hydrogen-bond donors (Lipinski definition) is 0. The van der Waals surface area contributed by atoms with E-state index in [2.05, 4.69) is 11.1 Å². The molecule has 1 heterocycles. The summed E-state index contributed by atoms with van der Waals surface area (Å²) < 4.78 is 13.8. The first-order valence-electron chi connectivity index (χ1n) is 10.6. The zero-order chi connectivity index (χ0) is 20.7. The first-order valence-corrected chi connectivity index (χ1v) is 10.6. The summed E-state index contributed by atoms with van der Waals surface area (Å²) in [6.07, 6.45) is 7.46. The van der Waals surface area contributed by atoms with Gasteiger partial charge in [-0.1, -0.05) is 12.1 Å². The second kappa shape index (κ2) is 7.32. The average molecular weight is 398 g/mol. The van der Waals surface area contributed by atoms with Gasteiger partial charge in [0.1, 0.15) is 11.6 Å². The Labute approximate surface area is 175 Å². The third-order valence-corrected chi connectivity index (χ3v) is 7.20. The number of nitriles is 1. The molecule has 30 heavy (non-hydrogen) atoms. The van der Waals surface area contributed by atoms with E-state index in [1.165, 1.54) is 11.6 Å². The summed E-state index contributed by atoms with van der Waals surface area (Å²) in [5, 5.41) is 9.83. The van der Waals surface area contributed by atoms with Crippen LogP contribution in [0.25, 0.3) is 10.9 Å². The average Bonchev–Trinajstić information content (AvgIpc) is 3.48. The summed E-state index contributed by atoms with van der Waals surface area (Å²) in [5.74, 6) is 0.674. The van der Waals surface area contributed by atoms with E-state index in [4.69, 9.17) is 5.26 Å². The van der Waals surface area contributed by atoms with Crippen LogP contribution < -0.4 is 0 Å². The summed E-state index contributed by atoms with van der Waals surface area (Å²) in [6.45, 7) is 0. The molecule has 0 bridgehead atoms. The molecule has 2 aromatic carbocycles. The molecule has 2 saturated carbocycles. The molecule has 2 aliphatic carbocycles. The van der Waals surface area contributed by atoms with Gasteiger partial charge in [-0.05, 0) is 91.0 Å². The Bertz CT molecular complexity index is 1150. The minimum atomic E-state index is -0.223. The number of hydrogen-bond acceptors (Lipinski definition) is 3. The van der Waals surface area contributed by atoms with Gasteiger partial charge in [-0.3, -0.25) is 9.78 Å². The van der Waals surface area contributed by atoms with Gasteiger partial charge in [0.2, 0.25) is 0 Å². The molecule has 1 atom stereocenters. The highest BCUT2D eigenvalue weighted by atomic mass is 19.1. The number of nitrogens with zero attached hydrogens (tertiary/aromatic N) is 2. The highest BCUT2D eigenvalue weighted by Gasteiger charge is 2.57. The number of carbonyl (C=O) groups is 1. The monoisotopic (exact) mass is 398 g/mol. The maximum atomic E-state index is 13.8. The van der Waals surface area contributed by atoms with Gasteiger partial charge in [0.25, 0.3) is 0 Å². The van der Waals surface area contributed by atoms with Crippen molar-refractivity contribution in [1.29, 1.82) is 5.26 Å². The Morgan fingerprint density at radius 3 is 2.63 bits per heavy atom. The lowest BCUT2D eigenvalue weighted by molar-refractivity contribution is -0.120. The Morgan fingerprint density at radius 2 is 1.90 bits per heavy atom. The number of carbonyl (C=O) groups excluding carboxylic acids is 1. The standard InChI is InChI=1S/C26H23FN2O/c27-20-5-6-24-22(14-20)21(9-12-29-24)19-7-10-26(11-8-19)15-23(26)25(30)13-17-1-3-18(16-28)4-2-17/h1-6,9,12,14,19,23H,7-8,10-11,13,15H2. The number of rotatable bonds is 4. The van der Waals surface area contributed by atoms with E-state index in [1.54, 1.807) is 24.3 Å². The second-order valence-corrected chi connectivity index (χ2v) is 8.91. The van der Waals surface area contributed by atoms with Gasteiger partial charge < -0.3 is 0 Å². The van der Waals surface area contributed by atoms with Gasteiger partial charge in [-0.15, -0.1) is 0 Å². The van der Waals surface area contributed by atoms with Crippen LogP contribution in [0.4, 0.5) is 4.39 Å². The van der Waals surface area contributed by atoms with Crippen molar-refractivity contribution in [2.75, 3.05) is 0 Å². The molecule has 1 aromatic heterocycles. The van der Waals surface area contributed by atoms with E-state index in [1.807, 2.05) is 24.4 Å². The lowest BCUT2D eigenvalue weighted by Gasteiger charge is -2.30. The number of benzene rings is 2. The third kappa shape index (κ3) is 3.39. The van der Waals surface area contributed by atoms with Crippen molar-refractivity contribution < 1.29 is 9.18 Å². The molecule has 5 rings (SSSR count). The zero-order valence-electron chi connectivity index (χ0n) is 16.8. The Morgan fingerprint density at radius 1 is 1.13 bits per heavy atom. The van der Waals surface area contributed by atoms with E-state index in [0.29, 0.717) is 23.7 Å².